The highest BCUT2D eigenvalue weighted by Gasteiger charge is 2.17. The van der Waals surface area contributed by atoms with Gasteiger partial charge in [0.15, 0.2) is 0 Å². The van der Waals surface area contributed by atoms with E-state index in [1.165, 1.54) is 0 Å². The molecule has 0 unspecified atom stereocenters. The van der Waals surface area contributed by atoms with Crippen molar-refractivity contribution in [2.75, 3.05) is 13.7 Å². The highest BCUT2D eigenvalue weighted by Crippen LogP contribution is 2.26. The molecule has 1 atom stereocenters. The molecule has 2 aromatic rings. The molecule has 1 aromatic heterocycles. The summed E-state index contributed by atoms with van der Waals surface area (Å²) in [6.07, 6.45) is 1.61. The van der Waals surface area contributed by atoms with Gasteiger partial charge in [-0.1, -0.05) is 26.0 Å². The molecule has 166 valence electrons. The first-order valence-electron chi connectivity index (χ1n) is 8.96. The van der Waals surface area contributed by atoms with Crippen LogP contribution in [0.5, 0.6) is 17.4 Å². The second kappa shape index (κ2) is 13.6. The monoisotopic (exact) mass is 458 g/mol. The van der Waals surface area contributed by atoms with E-state index in [1.54, 1.807) is 37.6 Å². The Bertz CT molecular complexity index is 821. The lowest BCUT2D eigenvalue weighted by Gasteiger charge is -2.15. The number of pyridine rings is 1. The van der Waals surface area contributed by atoms with Gasteiger partial charge in [0.25, 0.3) is 0 Å². The number of nitrogens with one attached hydrogen (secondary N) is 2. The minimum absolute atomic E-state index is 0. The summed E-state index contributed by atoms with van der Waals surface area (Å²) >= 11 is 0. The molecule has 1 aromatic carbocycles. The predicted molar refractivity (Wildman–Crippen MR) is 119 cm³/mol. The van der Waals surface area contributed by atoms with Crippen LogP contribution in [0.1, 0.15) is 19.4 Å². The smallest absolute Gasteiger partial charge is 0.239 e. The van der Waals surface area contributed by atoms with E-state index in [0.717, 1.165) is 0 Å². The number of rotatable bonds is 9. The van der Waals surface area contributed by atoms with Gasteiger partial charge in [-0.15, -0.1) is 24.8 Å². The van der Waals surface area contributed by atoms with E-state index in [2.05, 4.69) is 15.6 Å². The maximum absolute atomic E-state index is 12.0. The Labute approximate surface area is 188 Å². The zero-order chi connectivity index (χ0) is 20.5. The number of ether oxygens (including phenoxy) is 2. The molecule has 10 heteroatoms. The number of amides is 2. The van der Waals surface area contributed by atoms with Gasteiger partial charge in [-0.3, -0.25) is 9.59 Å². The fourth-order valence-electron chi connectivity index (χ4n) is 2.27. The Morgan fingerprint density at radius 1 is 1.10 bits per heavy atom. The number of hydrogen-bond donors (Lipinski definition) is 3. The Kier molecular flexibility index (Phi) is 12.5. The molecule has 0 saturated heterocycles. The van der Waals surface area contributed by atoms with Crippen molar-refractivity contribution in [3.63, 3.8) is 0 Å². The van der Waals surface area contributed by atoms with Crippen molar-refractivity contribution in [2.24, 2.45) is 11.7 Å². The van der Waals surface area contributed by atoms with E-state index >= 15 is 0 Å². The van der Waals surface area contributed by atoms with Crippen LogP contribution >= 0.6 is 24.8 Å². The lowest BCUT2D eigenvalue weighted by atomic mass is 10.1. The molecular weight excluding hydrogens is 431 g/mol. The summed E-state index contributed by atoms with van der Waals surface area (Å²) in [5.41, 5.74) is 6.45. The summed E-state index contributed by atoms with van der Waals surface area (Å²) in [4.78, 5) is 28.1. The summed E-state index contributed by atoms with van der Waals surface area (Å²) < 4.78 is 11.0. The molecule has 0 aliphatic rings. The molecule has 0 fully saturated rings. The van der Waals surface area contributed by atoms with Crippen LogP contribution in [0.25, 0.3) is 0 Å². The van der Waals surface area contributed by atoms with Gasteiger partial charge in [0.2, 0.25) is 17.7 Å². The average molecular weight is 459 g/mol. The van der Waals surface area contributed by atoms with Gasteiger partial charge >= 0.3 is 0 Å². The van der Waals surface area contributed by atoms with E-state index in [-0.39, 0.29) is 55.6 Å². The molecule has 1 heterocycles. The first-order valence-corrected chi connectivity index (χ1v) is 8.96. The minimum Gasteiger partial charge on any atom is -0.497 e. The van der Waals surface area contributed by atoms with Crippen LogP contribution in [-0.2, 0) is 16.1 Å². The zero-order valence-electron chi connectivity index (χ0n) is 17.1. The van der Waals surface area contributed by atoms with Crippen molar-refractivity contribution in [1.82, 2.24) is 15.6 Å². The highest BCUT2D eigenvalue weighted by molar-refractivity contribution is 5.87. The van der Waals surface area contributed by atoms with Crippen molar-refractivity contribution in [1.29, 1.82) is 0 Å². The number of hydrogen-bond acceptors (Lipinski definition) is 6. The van der Waals surface area contributed by atoms with Crippen LogP contribution < -0.4 is 25.8 Å². The quantitative estimate of drug-likeness (QED) is 0.531. The molecule has 2 rings (SSSR count). The third kappa shape index (κ3) is 8.44. The molecule has 0 aliphatic carbocycles. The van der Waals surface area contributed by atoms with Crippen LogP contribution in [0.4, 0.5) is 0 Å². The Morgan fingerprint density at radius 2 is 1.80 bits per heavy atom. The van der Waals surface area contributed by atoms with Gasteiger partial charge in [-0.2, -0.15) is 0 Å². The first kappa shape index (κ1) is 27.5. The lowest BCUT2D eigenvalue weighted by molar-refractivity contribution is -0.127. The predicted octanol–water partition coefficient (Wildman–Crippen LogP) is 2.44. The molecule has 0 saturated carbocycles. The fourth-order valence-corrected chi connectivity index (χ4v) is 2.27. The normalized spacial score (nSPS) is 10.8. The Morgan fingerprint density at radius 3 is 2.47 bits per heavy atom. The van der Waals surface area contributed by atoms with Gasteiger partial charge in [0.1, 0.15) is 11.5 Å². The van der Waals surface area contributed by atoms with E-state index in [1.807, 2.05) is 26.0 Å². The Hall–Kier alpha value is -2.55. The molecule has 0 spiro atoms. The van der Waals surface area contributed by atoms with Gasteiger partial charge in [0.05, 0.1) is 19.7 Å². The van der Waals surface area contributed by atoms with Gasteiger partial charge in [-0.05, 0) is 24.1 Å². The van der Waals surface area contributed by atoms with Crippen molar-refractivity contribution in [2.45, 2.75) is 26.4 Å². The number of halogens is 2. The second-order valence-electron chi connectivity index (χ2n) is 6.51. The molecule has 0 radical (unpaired) electrons. The van der Waals surface area contributed by atoms with Crippen molar-refractivity contribution in [3.05, 3.63) is 48.2 Å². The molecule has 0 bridgehead atoms. The fraction of sp³-hybridized carbons (Fsp3) is 0.350. The minimum atomic E-state index is -0.644. The average Bonchev–Trinajstić information content (AvgIpc) is 2.70. The Balaban J connectivity index is 0.00000420. The van der Waals surface area contributed by atoms with Crippen LogP contribution in [0.3, 0.4) is 0 Å². The largest absolute Gasteiger partial charge is 0.497 e. The number of nitrogens with two attached hydrogens (primary N) is 1. The zero-order valence-corrected chi connectivity index (χ0v) is 18.7. The molecule has 2 amide bonds. The van der Waals surface area contributed by atoms with Crippen LogP contribution in [0.15, 0.2) is 42.6 Å². The summed E-state index contributed by atoms with van der Waals surface area (Å²) in [7, 11) is 1.58. The third-order valence-corrected chi connectivity index (χ3v) is 4.03. The SMILES string of the molecule is COc1cccc(Oc2ncccc2CNC(=O)CNC(=O)[C@@H](N)C(C)C)c1.Cl.Cl. The summed E-state index contributed by atoms with van der Waals surface area (Å²) in [6, 6.07) is 10.1. The topological polar surface area (TPSA) is 116 Å². The number of aromatic nitrogens is 1. The number of benzene rings is 1. The van der Waals surface area contributed by atoms with E-state index < -0.39 is 6.04 Å². The number of nitrogens with zero attached hydrogens (tertiary/aromatic N) is 1. The standard InChI is InChI=1S/C20H26N4O4.2ClH/c1-13(2)18(21)19(26)24-12-17(25)23-11-14-6-5-9-22-20(14)28-16-8-4-7-15(10-16)27-3;;/h4-10,13,18H,11-12,21H2,1-3H3,(H,23,25)(H,24,26);2*1H/t18-;;/m0../s1. The number of carbonyl (C=O) groups excluding carboxylic acids is 2. The first-order chi connectivity index (χ1) is 13.4. The molecule has 4 N–H and O–H groups in total. The van der Waals surface area contributed by atoms with Crippen LogP contribution in [0.2, 0.25) is 0 Å². The van der Waals surface area contributed by atoms with Crippen molar-refractivity contribution < 1.29 is 19.1 Å². The third-order valence-electron chi connectivity index (χ3n) is 4.03. The molecule has 8 nitrogen and oxygen atoms in total. The maximum atomic E-state index is 12.0. The molecule has 0 aliphatic heterocycles. The van der Waals surface area contributed by atoms with Crippen molar-refractivity contribution >= 4 is 36.6 Å². The second-order valence-corrected chi connectivity index (χ2v) is 6.51. The molecule has 30 heavy (non-hydrogen) atoms. The highest BCUT2D eigenvalue weighted by atomic mass is 35.5. The van der Waals surface area contributed by atoms with Gasteiger partial charge in [-0.25, -0.2) is 4.98 Å². The molecular formula is C20H28Cl2N4O4. The summed E-state index contributed by atoms with van der Waals surface area (Å²) in [5, 5.41) is 5.26. The van der Waals surface area contributed by atoms with Gasteiger partial charge < -0.3 is 25.8 Å². The summed E-state index contributed by atoms with van der Waals surface area (Å²) in [6.45, 7) is 3.75. The van der Waals surface area contributed by atoms with Crippen LogP contribution in [0, 0.1) is 5.92 Å². The summed E-state index contributed by atoms with van der Waals surface area (Å²) in [5.74, 6) is 0.921. The maximum Gasteiger partial charge on any atom is 0.239 e. The van der Waals surface area contributed by atoms with Crippen molar-refractivity contribution in [3.8, 4) is 17.4 Å². The number of carbonyl (C=O) groups is 2. The van der Waals surface area contributed by atoms with E-state index in [4.69, 9.17) is 15.2 Å². The van der Waals surface area contributed by atoms with E-state index in [0.29, 0.717) is 22.9 Å². The van der Waals surface area contributed by atoms with Crippen LogP contribution in [-0.4, -0.2) is 36.5 Å². The number of methoxy groups -OCH3 is 1. The van der Waals surface area contributed by atoms with E-state index in [9.17, 15) is 9.59 Å². The lowest BCUT2D eigenvalue weighted by Crippen LogP contribution is -2.47. The van der Waals surface area contributed by atoms with Gasteiger partial charge in [0, 0.05) is 24.4 Å².